The Morgan fingerprint density at radius 3 is 2.13 bits per heavy atom. The first kappa shape index (κ1) is 20.0. The van der Waals surface area contributed by atoms with Gasteiger partial charge in [0.25, 0.3) is 0 Å². The van der Waals surface area contributed by atoms with Gasteiger partial charge in [-0.2, -0.15) is 0 Å². The third-order valence-electron chi connectivity index (χ3n) is 4.40. The summed E-state index contributed by atoms with van der Waals surface area (Å²) in [6, 6.07) is 0. The lowest BCUT2D eigenvalue weighted by molar-refractivity contribution is -0.153. The van der Waals surface area contributed by atoms with Crippen LogP contribution < -0.4 is 5.32 Å². The number of terminal acetylenes is 1. The van der Waals surface area contributed by atoms with E-state index < -0.39 is 0 Å². The van der Waals surface area contributed by atoms with E-state index in [0.29, 0.717) is 6.42 Å². The van der Waals surface area contributed by atoms with E-state index in [1.807, 2.05) is 0 Å². The number of hydrogen-bond donors (Lipinski definition) is 1. The van der Waals surface area contributed by atoms with Crippen molar-refractivity contribution >= 4 is 5.97 Å². The SMILES string of the molecule is C#CCCCCCCCCC(=O)OC1CC(C)(C)NC(C)(C)C1. The molecule has 1 aliphatic rings. The molecule has 0 radical (unpaired) electrons. The quantitative estimate of drug-likeness (QED) is 0.383. The number of rotatable bonds is 9. The van der Waals surface area contributed by atoms with Crippen LogP contribution in [0.3, 0.4) is 0 Å². The number of carbonyl (C=O) groups excluding carboxylic acids is 1. The van der Waals surface area contributed by atoms with Gasteiger partial charge in [-0.25, -0.2) is 0 Å². The van der Waals surface area contributed by atoms with E-state index in [1.54, 1.807) is 0 Å². The highest BCUT2D eigenvalue weighted by molar-refractivity contribution is 5.69. The van der Waals surface area contributed by atoms with Crippen molar-refractivity contribution in [3.63, 3.8) is 0 Å². The van der Waals surface area contributed by atoms with Crippen molar-refractivity contribution in [1.82, 2.24) is 5.32 Å². The van der Waals surface area contributed by atoms with E-state index in [-0.39, 0.29) is 23.2 Å². The number of piperidine rings is 1. The number of ether oxygens (including phenoxy) is 1. The lowest BCUT2D eigenvalue weighted by Crippen LogP contribution is -2.59. The molecule has 0 saturated carbocycles. The topological polar surface area (TPSA) is 38.3 Å². The summed E-state index contributed by atoms with van der Waals surface area (Å²) in [6.45, 7) is 8.70. The van der Waals surface area contributed by atoms with Crippen molar-refractivity contribution in [1.29, 1.82) is 0 Å². The van der Waals surface area contributed by atoms with Crippen molar-refractivity contribution in [3.8, 4) is 12.3 Å². The van der Waals surface area contributed by atoms with Crippen LogP contribution in [0.1, 0.15) is 91.9 Å². The Labute approximate surface area is 142 Å². The highest BCUT2D eigenvalue weighted by Crippen LogP contribution is 2.30. The molecule has 0 unspecified atom stereocenters. The molecule has 0 aromatic rings. The number of esters is 1. The van der Waals surface area contributed by atoms with Gasteiger partial charge >= 0.3 is 5.97 Å². The summed E-state index contributed by atoms with van der Waals surface area (Å²) in [4.78, 5) is 12.0. The Morgan fingerprint density at radius 2 is 1.57 bits per heavy atom. The van der Waals surface area contributed by atoms with E-state index in [2.05, 4.69) is 38.9 Å². The van der Waals surface area contributed by atoms with Gasteiger partial charge in [-0.05, 0) is 40.5 Å². The number of carbonyl (C=O) groups is 1. The highest BCUT2D eigenvalue weighted by atomic mass is 16.5. The summed E-state index contributed by atoms with van der Waals surface area (Å²) in [5, 5.41) is 3.61. The van der Waals surface area contributed by atoms with E-state index in [0.717, 1.165) is 38.5 Å². The second-order valence-corrected chi connectivity index (χ2v) is 8.24. The van der Waals surface area contributed by atoms with Crippen LogP contribution in [-0.4, -0.2) is 23.2 Å². The summed E-state index contributed by atoms with van der Waals surface area (Å²) >= 11 is 0. The first-order chi connectivity index (χ1) is 10.7. The van der Waals surface area contributed by atoms with Crippen molar-refractivity contribution in [2.24, 2.45) is 0 Å². The predicted octanol–water partition coefficient (Wildman–Crippen LogP) is 4.59. The molecule has 1 N–H and O–H groups in total. The fourth-order valence-corrected chi connectivity index (χ4v) is 3.76. The van der Waals surface area contributed by atoms with Gasteiger partial charge in [-0.3, -0.25) is 4.79 Å². The number of unbranched alkanes of at least 4 members (excludes halogenated alkanes) is 6. The minimum Gasteiger partial charge on any atom is -0.462 e. The Morgan fingerprint density at radius 1 is 1.04 bits per heavy atom. The van der Waals surface area contributed by atoms with E-state index in [4.69, 9.17) is 11.2 Å². The van der Waals surface area contributed by atoms with Gasteiger partial charge in [0, 0.05) is 36.8 Å². The van der Waals surface area contributed by atoms with Crippen LogP contribution >= 0.6 is 0 Å². The van der Waals surface area contributed by atoms with Gasteiger partial charge in [0.05, 0.1) is 0 Å². The molecule has 0 aromatic heterocycles. The molecule has 3 nitrogen and oxygen atoms in total. The summed E-state index contributed by atoms with van der Waals surface area (Å²) in [5.41, 5.74) is 0.0379. The highest BCUT2D eigenvalue weighted by Gasteiger charge is 2.39. The molecule has 0 bridgehead atoms. The molecule has 1 aliphatic heterocycles. The van der Waals surface area contributed by atoms with Gasteiger partial charge in [0.1, 0.15) is 6.10 Å². The monoisotopic (exact) mass is 321 g/mol. The van der Waals surface area contributed by atoms with Crippen molar-refractivity contribution in [3.05, 3.63) is 0 Å². The summed E-state index contributed by atoms with van der Waals surface area (Å²) in [7, 11) is 0. The molecule has 3 heteroatoms. The first-order valence-corrected chi connectivity index (χ1v) is 9.16. The summed E-state index contributed by atoms with van der Waals surface area (Å²) in [6.07, 6.45) is 15.2. The Bertz CT molecular complexity index is 390. The zero-order valence-corrected chi connectivity index (χ0v) is 15.5. The molecule has 1 rings (SSSR count). The minimum absolute atomic E-state index is 0.0189. The average molecular weight is 322 g/mol. The van der Waals surface area contributed by atoms with Crippen molar-refractivity contribution in [2.75, 3.05) is 0 Å². The fourth-order valence-electron chi connectivity index (χ4n) is 3.76. The fraction of sp³-hybridized carbons (Fsp3) is 0.850. The molecule has 1 fully saturated rings. The maximum atomic E-state index is 12.0. The summed E-state index contributed by atoms with van der Waals surface area (Å²) < 4.78 is 5.72. The van der Waals surface area contributed by atoms with E-state index in [1.165, 1.54) is 19.3 Å². The molecule has 1 saturated heterocycles. The lowest BCUT2D eigenvalue weighted by Gasteiger charge is -2.45. The van der Waals surface area contributed by atoms with Gasteiger partial charge in [0.15, 0.2) is 0 Å². The molecular weight excluding hydrogens is 286 g/mol. The van der Waals surface area contributed by atoms with Gasteiger partial charge in [0.2, 0.25) is 0 Å². The molecule has 0 amide bonds. The smallest absolute Gasteiger partial charge is 0.306 e. The van der Waals surface area contributed by atoms with Crippen molar-refractivity contribution < 1.29 is 9.53 Å². The number of nitrogens with one attached hydrogen (secondary N) is 1. The van der Waals surface area contributed by atoms with Crippen LogP contribution in [0.25, 0.3) is 0 Å². The molecule has 23 heavy (non-hydrogen) atoms. The van der Waals surface area contributed by atoms with Crippen LogP contribution in [0.4, 0.5) is 0 Å². The van der Waals surface area contributed by atoms with Crippen LogP contribution in [0, 0.1) is 12.3 Å². The second-order valence-electron chi connectivity index (χ2n) is 8.24. The van der Waals surface area contributed by atoms with Crippen molar-refractivity contribution in [2.45, 2.75) is 109 Å². The molecule has 0 atom stereocenters. The first-order valence-electron chi connectivity index (χ1n) is 9.16. The summed E-state index contributed by atoms with van der Waals surface area (Å²) in [5.74, 6) is 2.64. The standard InChI is InChI=1S/C20H35NO2/c1-6-7-8-9-10-11-12-13-14-18(22)23-17-15-19(2,3)21-20(4,5)16-17/h1,17,21H,7-16H2,2-5H3. The molecule has 1 heterocycles. The molecule has 132 valence electrons. The van der Waals surface area contributed by atoms with Crippen LogP contribution in [0.15, 0.2) is 0 Å². The van der Waals surface area contributed by atoms with Crippen LogP contribution in [0.5, 0.6) is 0 Å². The predicted molar refractivity (Wildman–Crippen MR) is 96.2 cm³/mol. The Balaban J connectivity index is 2.15. The average Bonchev–Trinajstić information content (AvgIpc) is 2.38. The molecule has 0 aromatic carbocycles. The maximum absolute atomic E-state index is 12.0. The number of hydrogen-bond acceptors (Lipinski definition) is 3. The Hall–Kier alpha value is -1.01. The van der Waals surface area contributed by atoms with Gasteiger partial charge < -0.3 is 10.1 Å². The zero-order valence-electron chi connectivity index (χ0n) is 15.5. The minimum atomic E-state index is -0.0316. The van der Waals surface area contributed by atoms with Crippen LogP contribution in [-0.2, 0) is 9.53 Å². The van der Waals surface area contributed by atoms with Crippen LogP contribution in [0.2, 0.25) is 0 Å². The third-order valence-corrected chi connectivity index (χ3v) is 4.40. The maximum Gasteiger partial charge on any atom is 0.306 e. The van der Waals surface area contributed by atoms with E-state index >= 15 is 0 Å². The molecular formula is C20H35NO2. The van der Waals surface area contributed by atoms with Gasteiger partial charge in [-0.1, -0.05) is 25.7 Å². The third kappa shape index (κ3) is 9.01. The Kier molecular flexibility index (Phi) is 8.12. The second kappa shape index (κ2) is 9.33. The van der Waals surface area contributed by atoms with Gasteiger partial charge in [-0.15, -0.1) is 12.3 Å². The lowest BCUT2D eigenvalue weighted by atomic mass is 9.81. The largest absolute Gasteiger partial charge is 0.462 e. The van der Waals surface area contributed by atoms with E-state index in [9.17, 15) is 4.79 Å². The normalized spacial score (nSPS) is 20.0. The molecule has 0 spiro atoms. The zero-order chi connectivity index (χ0) is 17.3. The molecule has 0 aliphatic carbocycles.